The quantitative estimate of drug-likeness (QED) is 0.488. The van der Waals surface area contributed by atoms with Crippen LogP contribution in [0.15, 0.2) is 24.0 Å². The molecule has 11 heavy (non-hydrogen) atoms. The molecule has 1 heterocycles. The van der Waals surface area contributed by atoms with Crippen LogP contribution >= 0.6 is 0 Å². The molecule has 1 unspecified atom stereocenters. The highest BCUT2D eigenvalue weighted by Gasteiger charge is 2.35. The average molecular weight is 154 g/mol. The van der Waals surface area contributed by atoms with Gasteiger partial charge in [0.2, 0.25) is 0 Å². The van der Waals surface area contributed by atoms with Gasteiger partial charge in [0, 0.05) is 5.70 Å². The summed E-state index contributed by atoms with van der Waals surface area (Å²) < 4.78 is 0. The normalized spacial score (nSPS) is 29.0. The number of aliphatic carboxylic acids is 1. The third kappa shape index (κ3) is 1.07. The van der Waals surface area contributed by atoms with Gasteiger partial charge in [-0.3, -0.25) is 0 Å². The molecule has 4 N–H and O–H groups in total. The largest absolute Gasteiger partial charge is 0.479 e. The fraction of sp³-hybridized carbons (Fsp3) is 0.286. The molecule has 1 rings (SSSR count). The number of rotatable bonds is 1. The van der Waals surface area contributed by atoms with Crippen LogP contribution in [-0.2, 0) is 4.79 Å². The van der Waals surface area contributed by atoms with Crippen molar-refractivity contribution in [1.29, 1.82) is 0 Å². The van der Waals surface area contributed by atoms with Gasteiger partial charge in [0.05, 0.1) is 0 Å². The third-order valence-electron chi connectivity index (χ3n) is 1.75. The van der Waals surface area contributed by atoms with Gasteiger partial charge in [0.1, 0.15) is 0 Å². The Kier molecular flexibility index (Phi) is 1.60. The van der Waals surface area contributed by atoms with Crippen LogP contribution < -0.4 is 11.1 Å². The van der Waals surface area contributed by atoms with Crippen molar-refractivity contribution in [3.63, 3.8) is 0 Å². The van der Waals surface area contributed by atoms with Crippen molar-refractivity contribution < 1.29 is 9.90 Å². The fourth-order valence-corrected chi connectivity index (χ4v) is 0.802. The molecular formula is C7H10N2O2. The van der Waals surface area contributed by atoms with Gasteiger partial charge in [-0.15, -0.1) is 0 Å². The fourth-order valence-electron chi connectivity index (χ4n) is 0.802. The minimum atomic E-state index is -1.14. The number of carboxylic acid groups (broad SMARTS) is 1. The number of dihydropyridines is 1. The predicted molar refractivity (Wildman–Crippen MR) is 40.6 cm³/mol. The Morgan fingerprint density at radius 2 is 2.45 bits per heavy atom. The molecule has 60 valence electrons. The minimum absolute atomic E-state index is 0.313. The Balaban J connectivity index is 2.97. The number of allylic oxidation sites excluding steroid dienone is 2. The Hall–Kier alpha value is -1.45. The number of carboxylic acids is 1. The van der Waals surface area contributed by atoms with Crippen molar-refractivity contribution in [3.05, 3.63) is 24.0 Å². The van der Waals surface area contributed by atoms with Gasteiger partial charge >= 0.3 is 5.97 Å². The van der Waals surface area contributed by atoms with E-state index in [4.69, 9.17) is 10.8 Å². The molecule has 1 aliphatic rings. The Bertz CT molecular complexity index is 245. The van der Waals surface area contributed by atoms with Gasteiger partial charge in [0.15, 0.2) is 5.54 Å². The Labute approximate surface area is 64.4 Å². The maximum atomic E-state index is 10.7. The van der Waals surface area contributed by atoms with E-state index in [9.17, 15) is 4.79 Å². The number of hydrogen-bond donors (Lipinski definition) is 3. The number of nitrogens with two attached hydrogens (primary N) is 1. The molecule has 0 aromatic rings. The van der Waals surface area contributed by atoms with Crippen molar-refractivity contribution in [2.24, 2.45) is 5.73 Å². The third-order valence-corrected chi connectivity index (χ3v) is 1.75. The molecule has 0 aromatic carbocycles. The zero-order valence-electron chi connectivity index (χ0n) is 6.16. The zero-order valence-corrected chi connectivity index (χ0v) is 6.16. The molecule has 1 aliphatic heterocycles. The molecule has 0 aromatic heterocycles. The molecule has 0 saturated carbocycles. The van der Waals surface area contributed by atoms with Crippen molar-refractivity contribution in [1.82, 2.24) is 5.32 Å². The van der Waals surface area contributed by atoms with Crippen molar-refractivity contribution in [2.75, 3.05) is 0 Å². The number of hydrogen-bond acceptors (Lipinski definition) is 3. The van der Waals surface area contributed by atoms with Crippen LogP contribution in [-0.4, -0.2) is 16.6 Å². The van der Waals surface area contributed by atoms with Crippen molar-refractivity contribution in [3.8, 4) is 0 Å². The SMILES string of the molecule is CC1(C(=O)O)NC=CC=C1N. The molecule has 4 heteroatoms. The summed E-state index contributed by atoms with van der Waals surface area (Å²) in [5.74, 6) is -0.976. The highest BCUT2D eigenvalue weighted by atomic mass is 16.4. The lowest BCUT2D eigenvalue weighted by Gasteiger charge is -2.27. The average Bonchev–Trinajstić information content (AvgIpc) is 1.95. The molecule has 0 bridgehead atoms. The van der Waals surface area contributed by atoms with Gasteiger partial charge in [-0.05, 0) is 25.3 Å². The standard InChI is InChI=1S/C7H10N2O2/c1-7(6(10)11)5(8)3-2-4-9-7/h2-4,9H,8H2,1H3,(H,10,11). The van der Waals surface area contributed by atoms with Gasteiger partial charge in [-0.25, -0.2) is 4.79 Å². The van der Waals surface area contributed by atoms with E-state index in [1.165, 1.54) is 6.92 Å². The summed E-state index contributed by atoms with van der Waals surface area (Å²) in [5, 5.41) is 11.4. The lowest BCUT2D eigenvalue weighted by molar-refractivity contribution is -0.142. The molecule has 0 spiro atoms. The van der Waals surface area contributed by atoms with Gasteiger partial charge in [-0.1, -0.05) is 0 Å². The monoisotopic (exact) mass is 154 g/mol. The molecule has 0 saturated heterocycles. The van der Waals surface area contributed by atoms with E-state index in [0.717, 1.165) is 0 Å². The Morgan fingerprint density at radius 1 is 1.82 bits per heavy atom. The lowest BCUT2D eigenvalue weighted by atomic mass is 9.96. The first-order valence-corrected chi connectivity index (χ1v) is 3.21. The van der Waals surface area contributed by atoms with E-state index in [0.29, 0.717) is 5.70 Å². The van der Waals surface area contributed by atoms with Crippen LogP contribution in [0.2, 0.25) is 0 Å². The van der Waals surface area contributed by atoms with Gasteiger partial charge < -0.3 is 16.2 Å². The summed E-state index contributed by atoms with van der Waals surface area (Å²) in [6, 6.07) is 0. The second kappa shape index (κ2) is 2.30. The van der Waals surface area contributed by atoms with Crippen LogP contribution in [0.5, 0.6) is 0 Å². The van der Waals surface area contributed by atoms with Crippen LogP contribution in [0.1, 0.15) is 6.92 Å². The summed E-state index contributed by atoms with van der Waals surface area (Å²) in [4.78, 5) is 10.7. The number of nitrogens with one attached hydrogen (secondary N) is 1. The molecule has 0 radical (unpaired) electrons. The van der Waals surface area contributed by atoms with Crippen LogP contribution in [0.4, 0.5) is 0 Å². The first-order valence-electron chi connectivity index (χ1n) is 3.21. The summed E-state index contributed by atoms with van der Waals surface area (Å²) in [6.45, 7) is 1.52. The van der Waals surface area contributed by atoms with Gasteiger partial charge in [-0.2, -0.15) is 0 Å². The van der Waals surface area contributed by atoms with Crippen molar-refractivity contribution in [2.45, 2.75) is 12.5 Å². The van der Waals surface area contributed by atoms with Gasteiger partial charge in [0.25, 0.3) is 0 Å². The molecule has 1 atom stereocenters. The molecule has 0 fully saturated rings. The maximum Gasteiger partial charge on any atom is 0.335 e. The predicted octanol–water partition coefficient (Wildman–Crippen LogP) is -0.211. The van der Waals surface area contributed by atoms with Crippen LogP contribution in [0.3, 0.4) is 0 Å². The Morgan fingerprint density at radius 3 is 2.82 bits per heavy atom. The second-order valence-electron chi connectivity index (χ2n) is 2.56. The highest BCUT2D eigenvalue weighted by molar-refractivity contribution is 5.83. The topological polar surface area (TPSA) is 75.3 Å². The van der Waals surface area contributed by atoms with Crippen LogP contribution in [0, 0.1) is 0 Å². The zero-order chi connectivity index (χ0) is 8.48. The second-order valence-corrected chi connectivity index (χ2v) is 2.56. The van der Waals surface area contributed by atoms with Crippen LogP contribution in [0.25, 0.3) is 0 Å². The van der Waals surface area contributed by atoms with E-state index in [1.54, 1.807) is 18.4 Å². The molecule has 0 amide bonds. The number of carbonyl (C=O) groups is 1. The highest BCUT2D eigenvalue weighted by Crippen LogP contribution is 2.14. The van der Waals surface area contributed by atoms with Crippen molar-refractivity contribution >= 4 is 5.97 Å². The van der Waals surface area contributed by atoms with E-state index in [-0.39, 0.29) is 0 Å². The van der Waals surface area contributed by atoms with E-state index in [2.05, 4.69) is 5.32 Å². The smallest absolute Gasteiger partial charge is 0.335 e. The molecular weight excluding hydrogens is 144 g/mol. The summed E-state index contributed by atoms with van der Waals surface area (Å²) in [6.07, 6.45) is 4.80. The van der Waals surface area contributed by atoms with E-state index >= 15 is 0 Å². The summed E-state index contributed by atoms with van der Waals surface area (Å²) in [7, 11) is 0. The molecule has 4 nitrogen and oxygen atoms in total. The summed E-state index contributed by atoms with van der Waals surface area (Å²) in [5.41, 5.74) is 4.65. The minimum Gasteiger partial charge on any atom is -0.479 e. The van der Waals surface area contributed by atoms with E-state index < -0.39 is 11.5 Å². The first-order chi connectivity index (χ1) is 5.07. The lowest BCUT2D eigenvalue weighted by Crippen LogP contribution is -2.52. The molecule has 0 aliphatic carbocycles. The maximum absolute atomic E-state index is 10.7. The first kappa shape index (κ1) is 7.65. The van der Waals surface area contributed by atoms with E-state index in [1.807, 2.05) is 0 Å². The summed E-state index contributed by atoms with van der Waals surface area (Å²) >= 11 is 0.